The van der Waals surface area contributed by atoms with Crippen LogP contribution in [0, 0.1) is 12.7 Å². The van der Waals surface area contributed by atoms with Crippen LogP contribution in [0.5, 0.6) is 0 Å². The molecule has 0 aliphatic carbocycles. The first kappa shape index (κ1) is 12.5. The van der Waals surface area contributed by atoms with E-state index in [1.165, 1.54) is 6.07 Å². The molecule has 0 spiro atoms. The molecule has 1 aromatic rings. The summed E-state index contributed by atoms with van der Waals surface area (Å²) >= 11 is 3.10. The molecule has 1 aliphatic heterocycles. The van der Waals surface area contributed by atoms with Crippen molar-refractivity contribution in [2.75, 3.05) is 11.9 Å². The molecule has 17 heavy (non-hydrogen) atoms. The zero-order valence-electron chi connectivity index (χ0n) is 9.43. The highest BCUT2D eigenvalue weighted by Crippen LogP contribution is 2.24. The zero-order chi connectivity index (χ0) is 12.4. The standard InChI is InChI=1S/C12H13BrFNO2/c1-7-5-8(13)9(14)6-10(7)15-12(16)11-3-2-4-17-11/h5-6,11H,2-4H2,1H3,(H,15,16)/t11-/m1/s1. The normalized spacial score (nSPS) is 19.4. The van der Waals surface area contributed by atoms with E-state index in [4.69, 9.17) is 4.74 Å². The van der Waals surface area contributed by atoms with E-state index in [0.717, 1.165) is 18.4 Å². The third-order valence-corrected chi connectivity index (χ3v) is 3.35. The Balaban J connectivity index is 2.12. The van der Waals surface area contributed by atoms with E-state index in [1.54, 1.807) is 6.07 Å². The largest absolute Gasteiger partial charge is 0.368 e. The topological polar surface area (TPSA) is 38.3 Å². The number of nitrogens with one attached hydrogen (secondary N) is 1. The van der Waals surface area contributed by atoms with E-state index in [-0.39, 0.29) is 5.91 Å². The molecule has 3 nitrogen and oxygen atoms in total. The van der Waals surface area contributed by atoms with Gasteiger partial charge in [-0.1, -0.05) is 0 Å². The van der Waals surface area contributed by atoms with Crippen molar-refractivity contribution in [3.63, 3.8) is 0 Å². The number of rotatable bonds is 2. The van der Waals surface area contributed by atoms with Gasteiger partial charge < -0.3 is 10.1 Å². The number of carbonyl (C=O) groups excluding carboxylic acids is 1. The molecule has 1 heterocycles. The van der Waals surface area contributed by atoms with Crippen molar-refractivity contribution < 1.29 is 13.9 Å². The SMILES string of the molecule is Cc1cc(Br)c(F)cc1NC(=O)[C@H]1CCCO1. The highest BCUT2D eigenvalue weighted by molar-refractivity contribution is 9.10. The molecule has 1 N–H and O–H groups in total. The van der Waals surface area contributed by atoms with Gasteiger partial charge in [0.15, 0.2) is 0 Å². The van der Waals surface area contributed by atoms with Gasteiger partial charge in [-0.25, -0.2) is 4.39 Å². The molecular formula is C12H13BrFNO2. The molecule has 0 bridgehead atoms. The molecular weight excluding hydrogens is 289 g/mol. The first-order chi connectivity index (χ1) is 8.08. The summed E-state index contributed by atoms with van der Waals surface area (Å²) in [6.45, 7) is 2.43. The summed E-state index contributed by atoms with van der Waals surface area (Å²) in [5, 5.41) is 2.70. The number of amides is 1. The number of anilines is 1. The second-order valence-corrected chi connectivity index (χ2v) is 4.93. The fraction of sp³-hybridized carbons (Fsp3) is 0.417. The molecule has 1 atom stereocenters. The Morgan fingerprint density at radius 3 is 3.00 bits per heavy atom. The van der Waals surface area contributed by atoms with Crippen LogP contribution in [0.2, 0.25) is 0 Å². The molecule has 1 fully saturated rings. The summed E-state index contributed by atoms with van der Waals surface area (Å²) < 4.78 is 19.0. The van der Waals surface area contributed by atoms with E-state index >= 15 is 0 Å². The van der Waals surface area contributed by atoms with Crippen LogP contribution < -0.4 is 5.32 Å². The second-order valence-electron chi connectivity index (χ2n) is 4.07. The van der Waals surface area contributed by atoms with Crippen LogP contribution in [-0.4, -0.2) is 18.6 Å². The molecule has 5 heteroatoms. The molecule has 1 saturated heterocycles. The van der Waals surface area contributed by atoms with Crippen molar-refractivity contribution in [3.8, 4) is 0 Å². The third kappa shape index (κ3) is 2.84. The summed E-state index contributed by atoms with van der Waals surface area (Å²) in [4.78, 5) is 11.8. The van der Waals surface area contributed by atoms with Gasteiger partial charge in [-0.2, -0.15) is 0 Å². The van der Waals surface area contributed by atoms with Gasteiger partial charge >= 0.3 is 0 Å². The van der Waals surface area contributed by atoms with Crippen molar-refractivity contribution in [2.24, 2.45) is 0 Å². The Morgan fingerprint density at radius 2 is 2.35 bits per heavy atom. The van der Waals surface area contributed by atoms with Gasteiger partial charge in [0.25, 0.3) is 5.91 Å². The van der Waals surface area contributed by atoms with E-state index in [9.17, 15) is 9.18 Å². The molecule has 0 radical (unpaired) electrons. The number of benzene rings is 1. The number of hydrogen-bond acceptors (Lipinski definition) is 2. The Kier molecular flexibility index (Phi) is 3.79. The summed E-state index contributed by atoms with van der Waals surface area (Å²) in [7, 11) is 0. The Labute approximate surface area is 107 Å². The molecule has 1 aliphatic rings. The summed E-state index contributed by atoms with van der Waals surface area (Å²) in [6.07, 6.45) is 1.22. The number of ether oxygens (including phenoxy) is 1. The van der Waals surface area contributed by atoms with Gasteiger partial charge in [0.05, 0.1) is 4.47 Å². The van der Waals surface area contributed by atoms with Crippen molar-refractivity contribution in [2.45, 2.75) is 25.9 Å². The van der Waals surface area contributed by atoms with Crippen LogP contribution in [0.4, 0.5) is 10.1 Å². The first-order valence-corrected chi connectivity index (χ1v) is 6.25. The van der Waals surface area contributed by atoms with Crippen molar-refractivity contribution in [1.82, 2.24) is 0 Å². The minimum Gasteiger partial charge on any atom is -0.368 e. The number of hydrogen-bond donors (Lipinski definition) is 1. The number of carbonyl (C=O) groups is 1. The maximum absolute atomic E-state index is 13.4. The molecule has 0 aromatic heterocycles. The lowest BCUT2D eigenvalue weighted by molar-refractivity contribution is -0.124. The van der Waals surface area contributed by atoms with Crippen molar-refractivity contribution >= 4 is 27.5 Å². The zero-order valence-corrected chi connectivity index (χ0v) is 11.0. The monoisotopic (exact) mass is 301 g/mol. The highest BCUT2D eigenvalue weighted by Gasteiger charge is 2.24. The summed E-state index contributed by atoms with van der Waals surface area (Å²) in [5.74, 6) is -0.592. The molecule has 1 aromatic carbocycles. The quantitative estimate of drug-likeness (QED) is 0.912. The second kappa shape index (κ2) is 5.14. The number of halogens is 2. The van der Waals surface area contributed by atoms with Gasteiger partial charge in [0.1, 0.15) is 11.9 Å². The Morgan fingerprint density at radius 1 is 1.59 bits per heavy atom. The maximum Gasteiger partial charge on any atom is 0.253 e. The summed E-state index contributed by atoms with van der Waals surface area (Å²) in [6, 6.07) is 2.95. The molecule has 1 amide bonds. The van der Waals surface area contributed by atoms with E-state index in [2.05, 4.69) is 21.2 Å². The van der Waals surface area contributed by atoms with Gasteiger partial charge in [-0.05, 0) is 53.4 Å². The van der Waals surface area contributed by atoms with Gasteiger partial charge in [0.2, 0.25) is 0 Å². The highest BCUT2D eigenvalue weighted by atomic mass is 79.9. The minimum atomic E-state index is -0.402. The lowest BCUT2D eigenvalue weighted by atomic mass is 10.1. The maximum atomic E-state index is 13.4. The molecule has 0 saturated carbocycles. The van der Waals surface area contributed by atoms with Crippen LogP contribution in [-0.2, 0) is 9.53 Å². The average Bonchev–Trinajstić information content (AvgIpc) is 2.79. The van der Waals surface area contributed by atoms with Gasteiger partial charge in [-0.3, -0.25) is 4.79 Å². The minimum absolute atomic E-state index is 0.202. The Bertz CT molecular complexity index is 444. The van der Waals surface area contributed by atoms with Crippen LogP contribution in [0.25, 0.3) is 0 Å². The average molecular weight is 302 g/mol. The molecule has 92 valence electrons. The van der Waals surface area contributed by atoms with Crippen LogP contribution in [0.1, 0.15) is 18.4 Å². The predicted molar refractivity (Wildman–Crippen MR) is 66.4 cm³/mol. The van der Waals surface area contributed by atoms with Crippen molar-refractivity contribution in [3.05, 3.63) is 28.0 Å². The molecule has 2 rings (SSSR count). The Hall–Kier alpha value is -0.940. The van der Waals surface area contributed by atoms with E-state index in [0.29, 0.717) is 16.8 Å². The summed E-state index contributed by atoms with van der Waals surface area (Å²) in [5.41, 5.74) is 1.30. The van der Waals surface area contributed by atoms with Crippen LogP contribution >= 0.6 is 15.9 Å². The predicted octanol–water partition coefficient (Wildman–Crippen LogP) is 3.01. The van der Waals surface area contributed by atoms with E-state index in [1.807, 2.05) is 6.92 Å². The first-order valence-electron chi connectivity index (χ1n) is 5.46. The fourth-order valence-corrected chi connectivity index (χ4v) is 2.24. The lowest BCUT2D eigenvalue weighted by Crippen LogP contribution is -2.27. The number of aryl methyl sites for hydroxylation is 1. The lowest BCUT2D eigenvalue weighted by Gasteiger charge is -2.12. The van der Waals surface area contributed by atoms with Gasteiger partial charge in [0, 0.05) is 12.3 Å². The van der Waals surface area contributed by atoms with Gasteiger partial charge in [-0.15, -0.1) is 0 Å². The third-order valence-electron chi connectivity index (χ3n) is 2.75. The fourth-order valence-electron chi connectivity index (χ4n) is 1.78. The van der Waals surface area contributed by atoms with Crippen LogP contribution in [0.15, 0.2) is 16.6 Å². The van der Waals surface area contributed by atoms with Crippen LogP contribution in [0.3, 0.4) is 0 Å². The van der Waals surface area contributed by atoms with Crippen molar-refractivity contribution in [1.29, 1.82) is 0 Å². The van der Waals surface area contributed by atoms with E-state index < -0.39 is 11.9 Å². The molecule has 0 unspecified atom stereocenters. The smallest absolute Gasteiger partial charge is 0.253 e.